The standard InChI is InChI=1S/C20H21N5O2/c1-13-4-2-3-5-16(13)19(26)21-15-8-10-25(11-9-15)20(27)14-6-7-17-18(12-14)23-24-22-17/h2-7,12,15H,8-11H2,1H3,(H,21,26)(H,22,23,24). The van der Waals surface area contributed by atoms with Crippen LogP contribution < -0.4 is 5.32 Å². The van der Waals surface area contributed by atoms with Crippen molar-refractivity contribution in [3.05, 3.63) is 59.2 Å². The van der Waals surface area contributed by atoms with Crippen molar-refractivity contribution >= 4 is 22.8 Å². The van der Waals surface area contributed by atoms with Crippen molar-refractivity contribution in [3.8, 4) is 0 Å². The van der Waals surface area contributed by atoms with E-state index in [1.807, 2.05) is 36.1 Å². The van der Waals surface area contributed by atoms with Crippen molar-refractivity contribution in [2.45, 2.75) is 25.8 Å². The minimum Gasteiger partial charge on any atom is -0.349 e. The highest BCUT2D eigenvalue weighted by Crippen LogP contribution is 2.17. The van der Waals surface area contributed by atoms with Gasteiger partial charge < -0.3 is 10.2 Å². The summed E-state index contributed by atoms with van der Waals surface area (Å²) in [6.07, 6.45) is 1.49. The molecule has 0 saturated carbocycles. The van der Waals surface area contributed by atoms with Crippen LogP contribution in [0.15, 0.2) is 42.5 Å². The first-order chi connectivity index (χ1) is 13.1. The fraction of sp³-hybridized carbons (Fsp3) is 0.300. The number of piperidine rings is 1. The Balaban J connectivity index is 1.36. The predicted octanol–water partition coefficient (Wildman–Crippen LogP) is 2.30. The number of aromatic amines is 1. The number of likely N-dealkylation sites (tertiary alicyclic amines) is 1. The van der Waals surface area contributed by atoms with E-state index in [2.05, 4.69) is 20.7 Å². The normalized spacial score (nSPS) is 15.1. The van der Waals surface area contributed by atoms with Crippen LogP contribution in [0, 0.1) is 6.92 Å². The number of nitrogens with one attached hydrogen (secondary N) is 2. The van der Waals surface area contributed by atoms with Gasteiger partial charge in [0.25, 0.3) is 11.8 Å². The molecule has 0 bridgehead atoms. The molecule has 4 rings (SSSR count). The molecule has 7 nitrogen and oxygen atoms in total. The van der Waals surface area contributed by atoms with E-state index in [9.17, 15) is 9.59 Å². The van der Waals surface area contributed by atoms with E-state index in [1.54, 1.807) is 18.2 Å². The summed E-state index contributed by atoms with van der Waals surface area (Å²) in [5.74, 6) is -0.0575. The van der Waals surface area contributed by atoms with E-state index < -0.39 is 0 Å². The molecule has 1 aromatic heterocycles. The number of carbonyl (C=O) groups excluding carboxylic acids is 2. The first-order valence-electron chi connectivity index (χ1n) is 9.08. The number of nitrogens with zero attached hydrogens (tertiary/aromatic N) is 3. The molecule has 1 saturated heterocycles. The molecule has 7 heteroatoms. The summed E-state index contributed by atoms with van der Waals surface area (Å²) >= 11 is 0. The average molecular weight is 363 g/mol. The van der Waals surface area contributed by atoms with Crippen LogP contribution in [0.25, 0.3) is 11.0 Å². The molecule has 3 aromatic rings. The lowest BCUT2D eigenvalue weighted by atomic mass is 10.0. The Morgan fingerprint density at radius 2 is 1.81 bits per heavy atom. The largest absolute Gasteiger partial charge is 0.349 e. The highest BCUT2D eigenvalue weighted by Gasteiger charge is 2.25. The van der Waals surface area contributed by atoms with E-state index in [0.29, 0.717) is 29.7 Å². The molecule has 2 amide bonds. The highest BCUT2D eigenvalue weighted by atomic mass is 16.2. The lowest BCUT2D eigenvalue weighted by Gasteiger charge is -2.32. The molecular formula is C20H21N5O2. The van der Waals surface area contributed by atoms with Gasteiger partial charge in [-0.3, -0.25) is 9.59 Å². The average Bonchev–Trinajstić information content (AvgIpc) is 3.16. The molecule has 0 unspecified atom stereocenters. The minimum atomic E-state index is -0.0469. The van der Waals surface area contributed by atoms with E-state index >= 15 is 0 Å². The maximum atomic E-state index is 12.7. The second-order valence-electron chi connectivity index (χ2n) is 6.88. The first-order valence-corrected chi connectivity index (χ1v) is 9.08. The maximum Gasteiger partial charge on any atom is 0.253 e. The molecule has 0 aliphatic carbocycles. The monoisotopic (exact) mass is 363 g/mol. The van der Waals surface area contributed by atoms with Crippen molar-refractivity contribution in [1.29, 1.82) is 0 Å². The van der Waals surface area contributed by atoms with E-state index in [0.717, 1.165) is 23.9 Å². The summed E-state index contributed by atoms with van der Waals surface area (Å²) < 4.78 is 0. The van der Waals surface area contributed by atoms with Crippen molar-refractivity contribution < 1.29 is 9.59 Å². The Hall–Kier alpha value is -3.22. The molecule has 2 N–H and O–H groups in total. The number of H-pyrrole nitrogens is 1. The van der Waals surface area contributed by atoms with Crippen molar-refractivity contribution in [2.24, 2.45) is 0 Å². The third kappa shape index (κ3) is 3.53. The topological polar surface area (TPSA) is 91.0 Å². The smallest absolute Gasteiger partial charge is 0.253 e. The molecule has 1 aliphatic rings. The highest BCUT2D eigenvalue weighted by molar-refractivity contribution is 5.97. The Bertz CT molecular complexity index is 989. The quantitative estimate of drug-likeness (QED) is 0.747. The summed E-state index contributed by atoms with van der Waals surface area (Å²) in [4.78, 5) is 27.0. The number of aromatic nitrogens is 3. The Kier molecular flexibility index (Phi) is 4.58. The zero-order valence-corrected chi connectivity index (χ0v) is 15.1. The van der Waals surface area contributed by atoms with Crippen molar-refractivity contribution in [3.63, 3.8) is 0 Å². The van der Waals surface area contributed by atoms with Crippen molar-refractivity contribution in [1.82, 2.24) is 25.6 Å². The second-order valence-corrected chi connectivity index (χ2v) is 6.88. The summed E-state index contributed by atoms with van der Waals surface area (Å²) in [5, 5.41) is 13.7. The third-order valence-corrected chi connectivity index (χ3v) is 5.07. The molecule has 1 aliphatic heterocycles. The molecule has 27 heavy (non-hydrogen) atoms. The van der Waals surface area contributed by atoms with Crippen LogP contribution in [0.3, 0.4) is 0 Å². The SMILES string of the molecule is Cc1ccccc1C(=O)NC1CCN(C(=O)c2ccc3n[nH]nc3c2)CC1. The number of fused-ring (bicyclic) bond motifs is 1. The number of aryl methyl sites for hydroxylation is 1. The van der Waals surface area contributed by atoms with Crippen molar-refractivity contribution in [2.75, 3.05) is 13.1 Å². The number of benzene rings is 2. The number of carbonyl (C=O) groups is 2. The zero-order chi connectivity index (χ0) is 18.8. The van der Waals surface area contributed by atoms with Gasteiger partial charge in [0.2, 0.25) is 0 Å². The molecule has 2 heterocycles. The number of hydrogen-bond donors (Lipinski definition) is 2. The summed E-state index contributed by atoms with van der Waals surface area (Å²) in [7, 11) is 0. The van der Waals surface area contributed by atoms with Gasteiger partial charge in [-0.25, -0.2) is 0 Å². The molecule has 138 valence electrons. The number of amides is 2. The van der Waals surface area contributed by atoms with Gasteiger partial charge >= 0.3 is 0 Å². The van der Waals surface area contributed by atoms with Crippen LogP contribution in [-0.2, 0) is 0 Å². The third-order valence-electron chi connectivity index (χ3n) is 5.07. The molecule has 0 spiro atoms. The molecule has 0 radical (unpaired) electrons. The Morgan fingerprint density at radius 1 is 1.07 bits per heavy atom. The van der Waals surface area contributed by atoms with Gasteiger partial charge in [-0.2, -0.15) is 15.4 Å². The zero-order valence-electron chi connectivity index (χ0n) is 15.1. The van der Waals surface area contributed by atoms with E-state index in [-0.39, 0.29) is 17.9 Å². The number of rotatable bonds is 3. The Morgan fingerprint density at radius 3 is 2.59 bits per heavy atom. The van der Waals surface area contributed by atoms with Crippen LogP contribution in [0.4, 0.5) is 0 Å². The lowest BCUT2D eigenvalue weighted by molar-refractivity contribution is 0.0698. The van der Waals surface area contributed by atoms with Gasteiger partial charge in [0.1, 0.15) is 11.0 Å². The van der Waals surface area contributed by atoms with Crippen LogP contribution in [0.2, 0.25) is 0 Å². The molecule has 0 atom stereocenters. The van der Waals surface area contributed by atoms with Gasteiger partial charge in [0.05, 0.1) is 0 Å². The van der Waals surface area contributed by atoms with Gasteiger partial charge in [0, 0.05) is 30.3 Å². The van der Waals surface area contributed by atoms with Crippen LogP contribution in [-0.4, -0.2) is 51.3 Å². The van der Waals surface area contributed by atoms with Gasteiger partial charge in [-0.15, -0.1) is 0 Å². The predicted molar refractivity (Wildman–Crippen MR) is 101 cm³/mol. The van der Waals surface area contributed by atoms with Gasteiger partial charge in [-0.1, -0.05) is 18.2 Å². The van der Waals surface area contributed by atoms with Crippen LogP contribution >= 0.6 is 0 Å². The summed E-state index contributed by atoms with van der Waals surface area (Å²) in [6.45, 7) is 3.17. The first kappa shape index (κ1) is 17.2. The minimum absolute atomic E-state index is 0.0106. The summed E-state index contributed by atoms with van der Waals surface area (Å²) in [5.41, 5.74) is 3.70. The van der Waals surface area contributed by atoms with Crippen LogP contribution in [0.5, 0.6) is 0 Å². The van der Waals surface area contributed by atoms with Crippen LogP contribution in [0.1, 0.15) is 39.1 Å². The lowest BCUT2D eigenvalue weighted by Crippen LogP contribution is -2.46. The van der Waals surface area contributed by atoms with Gasteiger partial charge in [0.15, 0.2) is 0 Å². The Labute approximate surface area is 156 Å². The molecular weight excluding hydrogens is 342 g/mol. The summed E-state index contributed by atoms with van der Waals surface area (Å²) in [6, 6.07) is 13.0. The molecule has 1 fully saturated rings. The maximum absolute atomic E-state index is 12.7. The molecule has 2 aromatic carbocycles. The number of hydrogen-bond acceptors (Lipinski definition) is 4. The van der Waals surface area contributed by atoms with Gasteiger partial charge in [-0.05, 0) is 49.6 Å². The van der Waals surface area contributed by atoms with E-state index in [1.165, 1.54) is 0 Å². The van der Waals surface area contributed by atoms with E-state index in [4.69, 9.17) is 0 Å². The second kappa shape index (κ2) is 7.19. The fourth-order valence-electron chi connectivity index (χ4n) is 3.47. The fourth-order valence-corrected chi connectivity index (χ4v) is 3.47.